The van der Waals surface area contributed by atoms with Crippen molar-refractivity contribution in [1.82, 2.24) is 20.2 Å². The SMILES string of the molecule is COc1cc2nc(Nc3cc(C)cc(F)c3)ncc2cc1OC1CCC(N2CCNC(=O)C2)CC1. The molecule has 2 fully saturated rings. The number of piperazine rings is 1. The monoisotopic (exact) mass is 479 g/mol. The summed E-state index contributed by atoms with van der Waals surface area (Å²) in [7, 11) is 1.61. The summed E-state index contributed by atoms with van der Waals surface area (Å²) >= 11 is 0. The van der Waals surface area contributed by atoms with Crippen LogP contribution in [0.1, 0.15) is 31.2 Å². The van der Waals surface area contributed by atoms with Crippen LogP contribution in [-0.4, -0.2) is 59.7 Å². The van der Waals surface area contributed by atoms with Crippen molar-refractivity contribution in [3.8, 4) is 11.5 Å². The first-order valence-corrected chi connectivity index (χ1v) is 12.0. The second kappa shape index (κ2) is 10.0. The van der Waals surface area contributed by atoms with Crippen LogP contribution in [-0.2, 0) is 4.79 Å². The van der Waals surface area contributed by atoms with E-state index in [1.54, 1.807) is 13.3 Å². The third kappa shape index (κ3) is 5.45. The van der Waals surface area contributed by atoms with E-state index in [1.165, 1.54) is 12.1 Å². The predicted octanol–water partition coefficient (Wildman–Crippen LogP) is 3.95. The maximum absolute atomic E-state index is 13.7. The standard InChI is InChI=1S/C26H30FN5O3/c1-16-9-18(27)12-19(10-16)30-26-29-14-17-11-24(23(34-2)13-22(17)31-26)35-21-5-3-20(4-6-21)32-8-7-28-25(33)15-32/h9-14,20-21H,3-8,15H2,1-2H3,(H,28,33)(H,29,30,31). The van der Waals surface area contributed by atoms with E-state index in [4.69, 9.17) is 9.47 Å². The van der Waals surface area contributed by atoms with Crippen molar-refractivity contribution in [3.63, 3.8) is 0 Å². The third-order valence-electron chi connectivity index (χ3n) is 6.69. The lowest BCUT2D eigenvalue weighted by Crippen LogP contribution is -2.52. The highest BCUT2D eigenvalue weighted by molar-refractivity contribution is 5.83. The summed E-state index contributed by atoms with van der Waals surface area (Å²) in [5, 5.41) is 6.79. The lowest BCUT2D eigenvalue weighted by molar-refractivity contribution is -0.125. The van der Waals surface area contributed by atoms with Gasteiger partial charge < -0.3 is 20.1 Å². The molecule has 2 aliphatic rings. The fraction of sp³-hybridized carbons (Fsp3) is 0.423. The zero-order valence-corrected chi connectivity index (χ0v) is 20.0. The molecule has 1 aliphatic carbocycles. The Hall–Kier alpha value is -3.46. The summed E-state index contributed by atoms with van der Waals surface area (Å²) in [6.45, 7) is 3.96. The Bertz CT molecular complexity index is 1210. The fourth-order valence-corrected chi connectivity index (χ4v) is 4.97. The van der Waals surface area contributed by atoms with Gasteiger partial charge in [-0.3, -0.25) is 9.69 Å². The van der Waals surface area contributed by atoms with E-state index in [1.807, 2.05) is 25.1 Å². The molecule has 2 N–H and O–H groups in total. The first-order valence-electron chi connectivity index (χ1n) is 12.0. The highest BCUT2D eigenvalue weighted by Gasteiger charge is 2.30. The van der Waals surface area contributed by atoms with Gasteiger partial charge in [-0.15, -0.1) is 0 Å². The fourth-order valence-electron chi connectivity index (χ4n) is 4.97. The van der Waals surface area contributed by atoms with Crippen LogP contribution < -0.4 is 20.1 Å². The lowest BCUT2D eigenvalue weighted by atomic mass is 9.91. The van der Waals surface area contributed by atoms with Gasteiger partial charge in [0.2, 0.25) is 11.9 Å². The highest BCUT2D eigenvalue weighted by Crippen LogP contribution is 2.35. The summed E-state index contributed by atoms with van der Waals surface area (Å²) in [6.07, 6.45) is 5.68. The van der Waals surface area contributed by atoms with Crippen LogP contribution in [0.3, 0.4) is 0 Å². The number of benzene rings is 2. The molecule has 1 aromatic heterocycles. The van der Waals surface area contributed by atoms with E-state index in [0.717, 1.165) is 49.7 Å². The zero-order chi connectivity index (χ0) is 24.4. The molecule has 0 atom stereocenters. The number of aromatic nitrogens is 2. The molecule has 1 saturated heterocycles. The van der Waals surface area contributed by atoms with Crippen LogP contribution in [0.15, 0.2) is 36.5 Å². The number of amides is 1. The summed E-state index contributed by atoms with van der Waals surface area (Å²) in [4.78, 5) is 23.0. The minimum Gasteiger partial charge on any atom is -0.493 e. The molecule has 5 rings (SSSR count). The van der Waals surface area contributed by atoms with E-state index in [-0.39, 0.29) is 17.8 Å². The average molecular weight is 480 g/mol. The molecule has 35 heavy (non-hydrogen) atoms. The van der Waals surface area contributed by atoms with E-state index >= 15 is 0 Å². The van der Waals surface area contributed by atoms with Crippen molar-refractivity contribution < 1.29 is 18.7 Å². The number of aryl methyl sites for hydroxylation is 1. The minimum absolute atomic E-state index is 0.0919. The van der Waals surface area contributed by atoms with Gasteiger partial charge in [-0.25, -0.2) is 14.4 Å². The molecule has 2 aromatic carbocycles. The van der Waals surface area contributed by atoms with E-state index in [0.29, 0.717) is 41.2 Å². The maximum atomic E-state index is 13.7. The molecule has 0 bridgehead atoms. The zero-order valence-electron chi connectivity index (χ0n) is 20.0. The summed E-state index contributed by atoms with van der Waals surface area (Å²) in [5.74, 6) is 1.46. The lowest BCUT2D eigenvalue weighted by Gasteiger charge is -2.38. The largest absolute Gasteiger partial charge is 0.493 e. The first-order chi connectivity index (χ1) is 17.0. The van der Waals surface area contributed by atoms with Gasteiger partial charge in [0.25, 0.3) is 0 Å². The average Bonchev–Trinajstić information content (AvgIpc) is 2.83. The van der Waals surface area contributed by atoms with Gasteiger partial charge >= 0.3 is 0 Å². The van der Waals surface area contributed by atoms with E-state index < -0.39 is 0 Å². The van der Waals surface area contributed by atoms with Crippen LogP contribution in [0, 0.1) is 12.7 Å². The number of carbonyl (C=O) groups excluding carboxylic acids is 1. The molecular formula is C26H30FN5O3. The molecular weight excluding hydrogens is 449 g/mol. The minimum atomic E-state index is -0.313. The molecule has 3 aromatic rings. The molecule has 184 valence electrons. The molecule has 1 amide bonds. The van der Waals surface area contributed by atoms with Crippen molar-refractivity contribution in [3.05, 3.63) is 47.9 Å². The number of halogens is 1. The second-order valence-electron chi connectivity index (χ2n) is 9.27. The number of carbonyl (C=O) groups is 1. The van der Waals surface area contributed by atoms with Crippen LogP contribution in [0.2, 0.25) is 0 Å². The third-order valence-corrected chi connectivity index (χ3v) is 6.69. The molecule has 9 heteroatoms. The number of hydrogen-bond acceptors (Lipinski definition) is 7. The number of nitrogens with one attached hydrogen (secondary N) is 2. The molecule has 0 radical (unpaired) electrons. The van der Waals surface area contributed by atoms with Crippen molar-refractivity contribution in [2.45, 2.75) is 44.8 Å². The van der Waals surface area contributed by atoms with Crippen molar-refractivity contribution >= 4 is 28.4 Å². The Morgan fingerprint density at radius 3 is 2.69 bits per heavy atom. The van der Waals surface area contributed by atoms with Gasteiger partial charge in [0.05, 0.1) is 25.3 Å². The molecule has 2 heterocycles. The Kier molecular flexibility index (Phi) is 6.68. The van der Waals surface area contributed by atoms with Gasteiger partial charge in [-0.05, 0) is 62.4 Å². The first kappa shape index (κ1) is 23.3. The number of nitrogens with zero attached hydrogens (tertiary/aromatic N) is 3. The summed E-state index contributed by atoms with van der Waals surface area (Å²) in [6, 6.07) is 8.89. The van der Waals surface area contributed by atoms with Gasteiger partial charge in [0, 0.05) is 42.5 Å². The number of ether oxygens (including phenoxy) is 2. The maximum Gasteiger partial charge on any atom is 0.234 e. The Labute approximate surface area is 203 Å². The van der Waals surface area contributed by atoms with Crippen molar-refractivity contribution in [2.75, 3.05) is 32.1 Å². The van der Waals surface area contributed by atoms with Crippen molar-refractivity contribution in [1.29, 1.82) is 0 Å². The van der Waals surface area contributed by atoms with E-state index in [2.05, 4.69) is 25.5 Å². The van der Waals surface area contributed by atoms with Crippen molar-refractivity contribution in [2.24, 2.45) is 0 Å². The van der Waals surface area contributed by atoms with Crippen LogP contribution >= 0.6 is 0 Å². The molecule has 1 aliphatic heterocycles. The molecule has 1 saturated carbocycles. The Morgan fingerprint density at radius 2 is 1.94 bits per heavy atom. The van der Waals surface area contributed by atoms with Crippen LogP contribution in [0.5, 0.6) is 11.5 Å². The predicted molar refractivity (Wildman–Crippen MR) is 132 cm³/mol. The quantitative estimate of drug-likeness (QED) is 0.553. The van der Waals surface area contributed by atoms with Crippen LogP contribution in [0.4, 0.5) is 16.0 Å². The van der Waals surface area contributed by atoms with Gasteiger partial charge in [0.1, 0.15) is 5.82 Å². The Morgan fingerprint density at radius 1 is 1.11 bits per heavy atom. The number of hydrogen-bond donors (Lipinski definition) is 2. The van der Waals surface area contributed by atoms with Gasteiger partial charge in [-0.2, -0.15) is 0 Å². The molecule has 8 nitrogen and oxygen atoms in total. The highest BCUT2D eigenvalue weighted by atomic mass is 19.1. The summed E-state index contributed by atoms with van der Waals surface area (Å²) in [5.41, 5.74) is 2.11. The van der Waals surface area contributed by atoms with Gasteiger partial charge in [0.15, 0.2) is 11.5 Å². The summed E-state index contributed by atoms with van der Waals surface area (Å²) < 4.78 is 25.7. The number of anilines is 2. The number of methoxy groups -OCH3 is 1. The van der Waals surface area contributed by atoms with Crippen LogP contribution in [0.25, 0.3) is 10.9 Å². The van der Waals surface area contributed by atoms with E-state index in [9.17, 15) is 9.18 Å². The molecule has 0 spiro atoms. The second-order valence-corrected chi connectivity index (χ2v) is 9.27. The number of rotatable bonds is 6. The van der Waals surface area contributed by atoms with Gasteiger partial charge in [-0.1, -0.05) is 0 Å². The smallest absolute Gasteiger partial charge is 0.234 e. The number of fused-ring (bicyclic) bond motifs is 1. The topological polar surface area (TPSA) is 88.6 Å². The Balaban J connectivity index is 1.27. The normalized spacial score (nSPS) is 20.9. The molecule has 0 unspecified atom stereocenters.